The molecule has 1 aliphatic rings. The van der Waals surface area contributed by atoms with Crippen molar-refractivity contribution in [3.05, 3.63) is 12.2 Å². The number of nitrogens with one attached hydrogen (secondary N) is 1. The van der Waals surface area contributed by atoms with Gasteiger partial charge >= 0.3 is 0 Å². The summed E-state index contributed by atoms with van der Waals surface area (Å²) in [5.74, 6) is 1.27. The average molecular weight is 271 g/mol. The lowest BCUT2D eigenvalue weighted by Crippen LogP contribution is -2.32. The van der Waals surface area contributed by atoms with E-state index in [2.05, 4.69) is 24.4 Å². The smallest absolute Gasteiger partial charge is 0.0897 e. The third-order valence-corrected chi connectivity index (χ3v) is 3.70. The Hall–Kier alpha value is -0.420. The van der Waals surface area contributed by atoms with E-state index in [0.717, 1.165) is 38.8 Å². The van der Waals surface area contributed by atoms with Gasteiger partial charge in [-0.2, -0.15) is 0 Å². The minimum Gasteiger partial charge on any atom is -0.396 e. The minimum absolute atomic E-state index is 0.237. The molecule has 1 aliphatic carbocycles. The molecule has 0 aromatic rings. The van der Waals surface area contributed by atoms with Gasteiger partial charge < -0.3 is 20.3 Å². The van der Waals surface area contributed by atoms with E-state index in [4.69, 9.17) is 9.84 Å². The summed E-state index contributed by atoms with van der Waals surface area (Å²) < 4.78 is 5.62. The first-order valence-electron chi connectivity index (χ1n) is 7.46. The Bertz CT molecular complexity index is 246. The highest BCUT2D eigenvalue weighted by Gasteiger charge is 2.18. The Balaban J connectivity index is 1.97. The predicted octanol–water partition coefficient (Wildman–Crippen LogP) is 1.33. The van der Waals surface area contributed by atoms with Crippen LogP contribution in [0.4, 0.5) is 0 Å². The van der Waals surface area contributed by atoms with Crippen molar-refractivity contribution in [1.82, 2.24) is 5.32 Å². The van der Waals surface area contributed by atoms with Crippen LogP contribution in [0.15, 0.2) is 12.2 Å². The van der Waals surface area contributed by atoms with Gasteiger partial charge in [-0.05, 0) is 44.1 Å². The molecule has 0 aromatic heterocycles. The molecule has 3 N–H and O–H groups in total. The lowest BCUT2D eigenvalue weighted by molar-refractivity contribution is 0.0129. The molecule has 0 fully saturated rings. The van der Waals surface area contributed by atoms with Crippen LogP contribution in [-0.4, -0.2) is 49.2 Å². The highest BCUT2D eigenvalue weighted by molar-refractivity contribution is 4.93. The molecule has 0 bridgehead atoms. The van der Waals surface area contributed by atoms with Crippen LogP contribution >= 0.6 is 0 Å². The Labute approximate surface area is 116 Å². The zero-order chi connectivity index (χ0) is 13.9. The van der Waals surface area contributed by atoms with Gasteiger partial charge in [-0.3, -0.25) is 0 Å². The zero-order valence-electron chi connectivity index (χ0n) is 12.1. The summed E-state index contributed by atoms with van der Waals surface area (Å²) in [6.45, 7) is 5.04. The number of unbranched alkanes of at least 4 members (excludes halogenated alkanes) is 1. The molecule has 0 saturated carbocycles. The normalized spacial score (nSPS) is 24.6. The summed E-state index contributed by atoms with van der Waals surface area (Å²) in [5, 5.41) is 21.5. The summed E-state index contributed by atoms with van der Waals surface area (Å²) >= 11 is 0. The number of ether oxygens (including phenoxy) is 1. The van der Waals surface area contributed by atoms with Crippen LogP contribution in [0, 0.1) is 11.8 Å². The first-order valence-corrected chi connectivity index (χ1v) is 7.46. The molecule has 4 heteroatoms. The topological polar surface area (TPSA) is 61.7 Å². The lowest BCUT2D eigenvalue weighted by atomic mass is 9.85. The Morgan fingerprint density at radius 2 is 2.11 bits per heavy atom. The monoisotopic (exact) mass is 271 g/mol. The van der Waals surface area contributed by atoms with Crippen LogP contribution in [0.2, 0.25) is 0 Å². The second-order valence-corrected chi connectivity index (χ2v) is 5.51. The summed E-state index contributed by atoms with van der Waals surface area (Å²) in [5.41, 5.74) is 0. The molecule has 19 heavy (non-hydrogen) atoms. The van der Waals surface area contributed by atoms with E-state index >= 15 is 0 Å². The van der Waals surface area contributed by atoms with Crippen LogP contribution in [0.3, 0.4) is 0 Å². The first-order chi connectivity index (χ1) is 9.24. The summed E-state index contributed by atoms with van der Waals surface area (Å²) in [6.07, 6.45) is 8.02. The number of hydrogen-bond donors (Lipinski definition) is 3. The van der Waals surface area contributed by atoms with Gasteiger partial charge in [-0.15, -0.1) is 0 Å². The molecule has 0 heterocycles. The maximum absolute atomic E-state index is 9.75. The largest absolute Gasteiger partial charge is 0.396 e. The van der Waals surface area contributed by atoms with Crippen molar-refractivity contribution in [1.29, 1.82) is 0 Å². The van der Waals surface area contributed by atoms with Gasteiger partial charge in [-0.1, -0.05) is 19.1 Å². The molecule has 0 saturated heterocycles. The van der Waals surface area contributed by atoms with Crippen LogP contribution < -0.4 is 5.32 Å². The van der Waals surface area contributed by atoms with E-state index < -0.39 is 6.10 Å². The number of rotatable bonds is 10. The van der Waals surface area contributed by atoms with Crippen molar-refractivity contribution in [2.24, 2.45) is 11.8 Å². The molecule has 1 rings (SSSR count). The van der Waals surface area contributed by atoms with E-state index in [1.165, 1.54) is 0 Å². The summed E-state index contributed by atoms with van der Waals surface area (Å²) in [4.78, 5) is 0. The van der Waals surface area contributed by atoms with E-state index in [1.54, 1.807) is 0 Å². The fraction of sp³-hybridized carbons (Fsp3) is 0.867. The van der Waals surface area contributed by atoms with E-state index in [9.17, 15) is 5.11 Å². The van der Waals surface area contributed by atoms with Gasteiger partial charge in [0.1, 0.15) is 0 Å². The summed E-state index contributed by atoms with van der Waals surface area (Å²) in [7, 11) is 0. The fourth-order valence-electron chi connectivity index (χ4n) is 2.28. The Morgan fingerprint density at radius 1 is 1.32 bits per heavy atom. The first kappa shape index (κ1) is 16.6. The van der Waals surface area contributed by atoms with Gasteiger partial charge in [0.2, 0.25) is 0 Å². The Kier molecular flexibility index (Phi) is 9.08. The highest BCUT2D eigenvalue weighted by atomic mass is 16.5. The van der Waals surface area contributed by atoms with Crippen molar-refractivity contribution in [2.45, 2.75) is 38.7 Å². The molecule has 3 unspecified atom stereocenters. The van der Waals surface area contributed by atoms with E-state index in [0.29, 0.717) is 25.0 Å². The number of allylic oxidation sites excluding steroid dienone is 2. The fourth-order valence-corrected chi connectivity index (χ4v) is 2.28. The minimum atomic E-state index is -0.441. The maximum atomic E-state index is 9.75. The number of hydrogen-bond acceptors (Lipinski definition) is 4. The average Bonchev–Trinajstić information content (AvgIpc) is 2.41. The van der Waals surface area contributed by atoms with Crippen molar-refractivity contribution in [2.75, 3.05) is 32.9 Å². The van der Waals surface area contributed by atoms with Crippen molar-refractivity contribution in [3.8, 4) is 0 Å². The Morgan fingerprint density at radius 3 is 2.84 bits per heavy atom. The maximum Gasteiger partial charge on any atom is 0.0897 e. The second kappa shape index (κ2) is 10.4. The van der Waals surface area contributed by atoms with Crippen molar-refractivity contribution >= 4 is 0 Å². The van der Waals surface area contributed by atoms with Gasteiger partial charge in [0.25, 0.3) is 0 Å². The second-order valence-electron chi connectivity index (χ2n) is 5.51. The van der Waals surface area contributed by atoms with Crippen LogP contribution in [-0.2, 0) is 4.74 Å². The van der Waals surface area contributed by atoms with Gasteiger partial charge in [0, 0.05) is 13.2 Å². The van der Waals surface area contributed by atoms with Crippen LogP contribution in [0.25, 0.3) is 0 Å². The summed E-state index contributed by atoms with van der Waals surface area (Å²) in [6, 6.07) is 0. The van der Waals surface area contributed by atoms with Gasteiger partial charge in [0.15, 0.2) is 0 Å². The predicted molar refractivity (Wildman–Crippen MR) is 77.0 cm³/mol. The number of aliphatic hydroxyl groups is 2. The third-order valence-electron chi connectivity index (χ3n) is 3.70. The quantitative estimate of drug-likeness (QED) is 0.414. The molecular formula is C15H29NO3. The SMILES string of the molecule is CC1CC=CCC1COCC(O)CNCCCCO. The molecule has 0 spiro atoms. The molecule has 4 nitrogen and oxygen atoms in total. The van der Waals surface area contributed by atoms with Gasteiger partial charge in [0.05, 0.1) is 19.3 Å². The van der Waals surface area contributed by atoms with Gasteiger partial charge in [-0.25, -0.2) is 0 Å². The molecule has 3 atom stereocenters. The van der Waals surface area contributed by atoms with Crippen LogP contribution in [0.5, 0.6) is 0 Å². The third kappa shape index (κ3) is 7.67. The highest BCUT2D eigenvalue weighted by Crippen LogP contribution is 2.24. The zero-order valence-corrected chi connectivity index (χ0v) is 12.1. The molecular weight excluding hydrogens is 242 g/mol. The van der Waals surface area contributed by atoms with E-state index in [-0.39, 0.29) is 6.61 Å². The number of aliphatic hydroxyl groups excluding tert-OH is 2. The van der Waals surface area contributed by atoms with Crippen LogP contribution in [0.1, 0.15) is 32.6 Å². The van der Waals surface area contributed by atoms with Crippen molar-refractivity contribution < 1.29 is 14.9 Å². The standard InChI is InChI=1S/C15H29NO3/c1-13-6-2-3-7-14(13)11-19-12-15(18)10-16-8-4-5-9-17/h2-3,13-18H,4-12H2,1H3. The van der Waals surface area contributed by atoms with E-state index in [1.807, 2.05) is 0 Å². The molecule has 0 radical (unpaired) electrons. The molecule has 0 aromatic carbocycles. The molecule has 0 amide bonds. The lowest BCUT2D eigenvalue weighted by Gasteiger charge is -2.25. The molecule has 0 aliphatic heterocycles. The van der Waals surface area contributed by atoms with Crippen molar-refractivity contribution in [3.63, 3.8) is 0 Å². The molecule has 112 valence electrons.